The predicted molar refractivity (Wildman–Crippen MR) is 156 cm³/mol. The molecule has 11 heteroatoms. The molecule has 2 N–H and O–H groups in total. The Morgan fingerprint density at radius 1 is 0.905 bits per heavy atom. The number of pyridine rings is 1. The maximum atomic E-state index is 16.0. The van der Waals surface area contributed by atoms with E-state index < -0.39 is 34.6 Å². The quantitative estimate of drug-likeness (QED) is 0.422. The number of primary amides is 1. The first-order valence-corrected chi connectivity index (χ1v) is 14.0. The lowest BCUT2D eigenvalue weighted by molar-refractivity contribution is -0.138. The highest BCUT2D eigenvalue weighted by molar-refractivity contribution is 6.02. The van der Waals surface area contributed by atoms with Crippen LogP contribution in [-0.2, 0) is 13.2 Å². The Kier molecular flexibility index (Phi) is 7.82. The molecule has 0 aliphatic carbocycles. The van der Waals surface area contributed by atoms with Crippen molar-refractivity contribution in [1.29, 1.82) is 0 Å². The summed E-state index contributed by atoms with van der Waals surface area (Å²) in [6.07, 6.45) is -2.82. The lowest BCUT2D eigenvalue weighted by atomic mass is 9.93. The second-order valence-corrected chi connectivity index (χ2v) is 11.4. The van der Waals surface area contributed by atoms with Crippen molar-refractivity contribution in [3.05, 3.63) is 69.8 Å². The Labute approximate surface area is 242 Å². The summed E-state index contributed by atoms with van der Waals surface area (Å²) in [5, 5.41) is 0. The van der Waals surface area contributed by atoms with Crippen LogP contribution in [0.1, 0.15) is 42.6 Å². The summed E-state index contributed by atoms with van der Waals surface area (Å²) in [5.41, 5.74) is 4.12. The molecule has 0 radical (unpaired) electrons. The summed E-state index contributed by atoms with van der Waals surface area (Å²) >= 11 is 0. The molecule has 0 spiro atoms. The highest BCUT2D eigenvalue weighted by Gasteiger charge is 2.39. The summed E-state index contributed by atoms with van der Waals surface area (Å²) in [6, 6.07) is 10.5. The number of rotatable bonds is 5. The van der Waals surface area contributed by atoms with Gasteiger partial charge in [-0.2, -0.15) is 13.2 Å². The van der Waals surface area contributed by atoms with E-state index in [9.17, 15) is 22.8 Å². The molecule has 1 amide bonds. The third-order valence-corrected chi connectivity index (χ3v) is 8.68. The molecule has 2 aromatic carbocycles. The van der Waals surface area contributed by atoms with Crippen LogP contribution in [0.25, 0.3) is 22.4 Å². The van der Waals surface area contributed by atoms with Crippen LogP contribution in [-0.4, -0.2) is 60.7 Å². The van der Waals surface area contributed by atoms with Crippen LogP contribution < -0.4 is 21.1 Å². The topological polar surface area (TPSA) is 74.8 Å². The van der Waals surface area contributed by atoms with E-state index in [4.69, 9.17) is 5.73 Å². The average molecular weight is 586 g/mol. The number of hydrogen-bond acceptors (Lipinski definition) is 5. The van der Waals surface area contributed by atoms with Crippen molar-refractivity contribution in [3.63, 3.8) is 0 Å². The monoisotopic (exact) mass is 585 g/mol. The van der Waals surface area contributed by atoms with Crippen molar-refractivity contribution >= 4 is 17.3 Å². The average Bonchev–Trinajstić information content (AvgIpc) is 3.47. The van der Waals surface area contributed by atoms with Crippen LogP contribution in [0.2, 0.25) is 0 Å². The Morgan fingerprint density at radius 3 is 2.05 bits per heavy atom. The second-order valence-electron chi connectivity index (χ2n) is 11.4. The molecule has 0 bridgehead atoms. The largest absolute Gasteiger partial charge is 0.417 e. The van der Waals surface area contributed by atoms with Gasteiger partial charge in [-0.25, -0.2) is 4.39 Å². The number of likely N-dealkylation sites (N-methyl/N-ethyl adjacent to an activating group) is 1. The molecule has 2 saturated heterocycles. The van der Waals surface area contributed by atoms with Gasteiger partial charge in [0.05, 0.1) is 16.8 Å². The van der Waals surface area contributed by atoms with Gasteiger partial charge >= 0.3 is 6.18 Å². The van der Waals surface area contributed by atoms with Gasteiger partial charge in [0.15, 0.2) is 0 Å². The Morgan fingerprint density at radius 2 is 1.50 bits per heavy atom. The van der Waals surface area contributed by atoms with Gasteiger partial charge in [-0.15, -0.1) is 0 Å². The number of hydrogen-bond donors (Lipinski definition) is 1. The molecule has 3 heterocycles. The van der Waals surface area contributed by atoms with E-state index in [0.717, 1.165) is 36.2 Å². The van der Waals surface area contributed by atoms with E-state index >= 15 is 4.39 Å². The number of benzene rings is 2. The van der Waals surface area contributed by atoms with Crippen LogP contribution in [0, 0.1) is 5.82 Å². The smallest absolute Gasteiger partial charge is 0.372 e. The standard InChI is InChI=1S/C31H35F4N5O2/c1-18-16-40(17-19(2)37(18)3)26-15-25(32)22(20-7-9-21(10-8-20)39-11-5-6-12-39)13-23(26)29-28(30(36)42)24(31(33,34)35)14-27(41)38(29)4/h7-10,13-15,18-19H,5-6,11-12,16-17H2,1-4H3,(H2,36,42)/t18-,19+. The van der Waals surface area contributed by atoms with E-state index in [1.165, 1.54) is 19.2 Å². The van der Waals surface area contributed by atoms with Crippen molar-refractivity contribution < 1.29 is 22.4 Å². The number of aromatic nitrogens is 1. The SMILES string of the molecule is C[C@@H]1CN(c2cc(F)c(-c3ccc(N4CCCC4)cc3)cc2-c2c(C(N)=O)c(C(F)(F)F)cc(=O)n2C)C[C@H](C)N1C. The Hall–Kier alpha value is -3.86. The number of nitrogens with two attached hydrogens (primary N) is 1. The first-order chi connectivity index (χ1) is 19.8. The summed E-state index contributed by atoms with van der Waals surface area (Å²) in [6.45, 7) is 6.79. The van der Waals surface area contributed by atoms with Crippen molar-refractivity contribution in [2.45, 2.75) is 44.9 Å². The Balaban J connectivity index is 1.77. The predicted octanol–water partition coefficient (Wildman–Crippen LogP) is 5.11. The van der Waals surface area contributed by atoms with Gasteiger partial charge in [0.25, 0.3) is 11.5 Å². The molecule has 2 atom stereocenters. The van der Waals surface area contributed by atoms with E-state index in [0.29, 0.717) is 24.7 Å². The summed E-state index contributed by atoms with van der Waals surface area (Å²) in [4.78, 5) is 31.8. The summed E-state index contributed by atoms with van der Waals surface area (Å²) in [5.74, 6) is -1.90. The molecule has 1 aromatic heterocycles. The fraction of sp³-hybridized carbons (Fsp3) is 0.419. The van der Waals surface area contributed by atoms with E-state index in [1.54, 1.807) is 12.1 Å². The minimum absolute atomic E-state index is 0.0448. The molecule has 42 heavy (non-hydrogen) atoms. The molecule has 5 rings (SSSR count). The zero-order chi connectivity index (χ0) is 30.5. The van der Waals surface area contributed by atoms with Crippen LogP contribution in [0.4, 0.5) is 28.9 Å². The first kappa shape index (κ1) is 29.6. The molecule has 0 unspecified atom stereocenters. The van der Waals surface area contributed by atoms with Gasteiger partial charge in [-0.05, 0) is 63.6 Å². The zero-order valence-electron chi connectivity index (χ0n) is 24.1. The number of carbonyl (C=O) groups is 1. The first-order valence-electron chi connectivity index (χ1n) is 14.0. The van der Waals surface area contributed by atoms with Crippen molar-refractivity contribution in [2.75, 3.05) is 43.0 Å². The molecule has 2 aliphatic rings. The molecular formula is C31H35F4N5O2. The van der Waals surface area contributed by atoms with E-state index in [-0.39, 0.29) is 34.6 Å². The fourth-order valence-electron chi connectivity index (χ4n) is 6.15. The normalized spacial score (nSPS) is 19.9. The number of carbonyl (C=O) groups excluding carboxylic acids is 1. The number of halogens is 4. The lowest BCUT2D eigenvalue weighted by Crippen LogP contribution is -2.55. The summed E-state index contributed by atoms with van der Waals surface area (Å²) in [7, 11) is 3.27. The minimum Gasteiger partial charge on any atom is -0.372 e. The fourth-order valence-corrected chi connectivity index (χ4v) is 6.15. The third kappa shape index (κ3) is 5.37. The van der Waals surface area contributed by atoms with Crippen LogP contribution in [0.15, 0.2) is 47.3 Å². The molecule has 2 aliphatic heterocycles. The number of amides is 1. The number of nitrogens with zero attached hydrogens (tertiary/aromatic N) is 4. The molecular weight excluding hydrogens is 550 g/mol. The van der Waals surface area contributed by atoms with Gasteiger partial charge in [0.1, 0.15) is 5.82 Å². The van der Waals surface area contributed by atoms with Crippen molar-refractivity contribution in [2.24, 2.45) is 12.8 Å². The van der Waals surface area contributed by atoms with Crippen molar-refractivity contribution in [3.8, 4) is 22.4 Å². The minimum atomic E-state index is -5.02. The third-order valence-electron chi connectivity index (χ3n) is 8.68. The van der Waals surface area contributed by atoms with E-state index in [1.807, 2.05) is 37.9 Å². The highest BCUT2D eigenvalue weighted by Crippen LogP contribution is 2.42. The van der Waals surface area contributed by atoms with Crippen LogP contribution >= 0.6 is 0 Å². The maximum Gasteiger partial charge on any atom is 0.417 e. The molecule has 3 aromatic rings. The molecule has 7 nitrogen and oxygen atoms in total. The van der Waals surface area contributed by atoms with Crippen molar-refractivity contribution in [1.82, 2.24) is 9.47 Å². The zero-order valence-corrected chi connectivity index (χ0v) is 24.1. The van der Waals surface area contributed by atoms with Gasteiger partial charge in [-0.3, -0.25) is 14.5 Å². The highest BCUT2D eigenvalue weighted by atomic mass is 19.4. The lowest BCUT2D eigenvalue weighted by Gasteiger charge is -2.44. The second kappa shape index (κ2) is 11.1. The van der Waals surface area contributed by atoms with Gasteiger partial charge in [0, 0.05) is 73.9 Å². The summed E-state index contributed by atoms with van der Waals surface area (Å²) < 4.78 is 59.4. The number of anilines is 2. The van der Waals surface area contributed by atoms with Crippen LogP contribution in [0.3, 0.4) is 0 Å². The van der Waals surface area contributed by atoms with Gasteiger partial charge in [-0.1, -0.05) is 12.1 Å². The molecule has 224 valence electrons. The Bertz CT molecular complexity index is 1550. The number of piperazine rings is 1. The number of alkyl halides is 3. The maximum absolute atomic E-state index is 16.0. The van der Waals surface area contributed by atoms with Gasteiger partial charge < -0.3 is 20.1 Å². The van der Waals surface area contributed by atoms with Crippen LogP contribution in [0.5, 0.6) is 0 Å². The molecule has 0 saturated carbocycles. The van der Waals surface area contributed by atoms with E-state index in [2.05, 4.69) is 9.80 Å². The molecule has 2 fully saturated rings. The van der Waals surface area contributed by atoms with Gasteiger partial charge in [0.2, 0.25) is 0 Å².